The summed E-state index contributed by atoms with van der Waals surface area (Å²) >= 11 is 0. The Morgan fingerprint density at radius 2 is 1.76 bits per heavy atom. The van der Waals surface area contributed by atoms with Gasteiger partial charge in [-0.3, -0.25) is 0 Å². The van der Waals surface area contributed by atoms with Crippen LogP contribution in [0.4, 0.5) is 10.1 Å². The lowest BCUT2D eigenvalue weighted by Crippen LogP contribution is -2.41. The van der Waals surface area contributed by atoms with Gasteiger partial charge in [-0.15, -0.1) is 0 Å². The number of nitrogens with two attached hydrogens (primary N) is 1. The number of hydrogen-bond acceptors (Lipinski definition) is 2. The fourth-order valence-corrected chi connectivity index (χ4v) is 4.20. The molecule has 0 aromatic heterocycles. The van der Waals surface area contributed by atoms with Crippen LogP contribution < -0.4 is 10.6 Å². The van der Waals surface area contributed by atoms with E-state index in [-0.39, 0.29) is 11.9 Å². The highest BCUT2D eigenvalue weighted by Gasteiger charge is 2.35. The molecule has 1 saturated heterocycles. The normalized spacial score (nSPS) is 23.3. The molecule has 1 atom stereocenters. The minimum absolute atomic E-state index is 0.124. The average Bonchev–Trinajstić information content (AvgIpc) is 2.49. The van der Waals surface area contributed by atoms with Crippen LogP contribution in [0, 0.1) is 11.2 Å². The molecule has 0 radical (unpaired) electrons. The van der Waals surface area contributed by atoms with Crippen molar-refractivity contribution in [2.45, 2.75) is 57.9 Å². The van der Waals surface area contributed by atoms with Gasteiger partial charge in [0.2, 0.25) is 0 Å². The van der Waals surface area contributed by atoms with Crippen LogP contribution in [0.5, 0.6) is 0 Å². The maximum atomic E-state index is 13.5. The third kappa shape index (κ3) is 3.08. The third-order valence-corrected chi connectivity index (χ3v) is 5.56. The number of piperidine rings is 1. The van der Waals surface area contributed by atoms with Gasteiger partial charge in [0.25, 0.3) is 0 Å². The van der Waals surface area contributed by atoms with E-state index in [9.17, 15) is 4.39 Å². The minimum Gasteiger partial charge on any atom is -0.371 e. The van der Waals surface area contributed by atoms with Crippen LogP contribution in [0.1, 0.15) is 63.5 Å². The predicted molar refractivity (Wildman–Crippen MR) is 86.0 cm³/mol. The van der Waals surface area contributed by atoms with Gasteiger partial charge in [-0.1, -0.05) is 19.3 Å². The van der Waals surface area contributed by atoms with E-state index >= 15 is 0 Å². The second-order valence-electron chi connectivity index (χ2n) is 7.04. The van der Waals surface area contributed by atoms with E-state index in [0.717, 1.165) is 24.3 Å². The molecule has 1 aromatic rings. The van der Waals surface area contributed by atoms with E-state index in [2.05, 4.69) is 4.90 Å². The molecule has 3 heteroatoms. The molecule has 3 rings (SSSR count). The lowest BCUT2D eigenvalue weighted by Gasteiger charge is -2.45. The Balaban J connectivity index is 1.75. The summed E-state index contributed by atoms with van der Waals surface area (Å²) in [5.41, 5.74) is 8.71. The van der Waals surface area contributed by atoms with Gasteiger partial charge in [0.15, 0.2) is 0 Å². The molecular weight excluding hydrogens is 263 g/mol. The van der Waals surface area contributed by atoms with Gasteiger partial charge < -0.3 is 10.6 Å². The Bertz CT molecular complexity index is 482. The fourth-order valence-electron chi connectivity index (χ4n) is 4.20. The zero-order valence-corrected chi connectivity index (χ0v) is 13.1. The summed E-state index contributed by atoms with van der Waals surface area (Å²) in [4.78, 5) is 2.41. The van der Waals surface area contributed by atoms with Crippen LogP contribution in [0.15, 0.2) is 18.2 Å². The number of anilines is 1. The highest BCUT2D eigenvalue weighted by atomic mass is 19.1. The predicted octanol–water partition coefficient (Wildman–Crippen LogP) is 4.40. The van der Waals surface area contributed by atoms with Gasteiger partial charge in [0.05, 0.1) is 0 Å². The number of halogens is 1. The summed E-state index contributed by atoms with van der Waals surface area (Å²) in [5, 5.41) is 0. The molecule has 1 aliphatic carbocycles. The molecule has 1 saturated carbocycles. The van der Waals surface area contributed by atoms with Crippen molar-refractivity contribution in [3.05, 3.63) is 29.6 Å². The Morgan fingerprint density at radius 1 is 1.10 bits per heavy atom. The first-order valence-electron chi connectivity index (χ1n) is 8.40. The molecule has 1 aliphatic heterocycles. The monoisotopic (exact) mass is 290 g/mol. The van der Waals surface area contributed by atoms with E-state index in [0.29, 0.717) is 5.41 Å². The SMILES string of the molecule is C[C@@H](N)c1cc(F)ccc1N1CCC2(CCCCC2)CC1. The molecule has 1 aromatic carbocycles. The van der Waals surface area contributed by atoms with Crippen molar-refractivity contribution in [1.29, 1.82) is 0 Å². The van der Waals surface area contributed by atoms with Gasteiger partial charge >= 0.3 is 0 Å². The van der Waals surface area contributed by atoms with E-state index in [1.807, 2.05) is 13.0 Å². The van der Waals surface area contributed by atoms with Crippen LogP contribution in [0.2, 0.25) is 0 Å². The number of nitrogens with zero attached hydrogens (tertiary/aromatic N) is 1. The summed E-state index contributed by atoms with van der Waals surface area (Å²) in [6, 6.07) is 4.95. The number of rotatable bonds is 2. The maximum absolute atomic E-state index is 13.5. The highest BCUT2D eigenvalue weighted by Crippen LogP contribution is 2.45. The Morgan fingerprint density at radius 3 is 2.38 bits per heavy atom. The highest BCUT2D eigenvalue weighted by molar-refractivity contribution is 5.55. The van der Waals surface area contributed by atoms with Gasteiger partial charge in [0, 0.05) is 24.8 Å². The third-order valence-electron chi connectivity index (χ3n) is 5.56. The topological polar surface area (TPSA) is 29.3 Å². The van der Waals surface area contributed by atoms with Crippen LogP contribution in [-0.4, -0.2) is 13.1 Å². The van der Waals surface area contributed by atoms with Gasteiger partial charge in [0.1, 0.15) is 5.82 Å². The average molecular weight is 290 g/mol. The summed E-state index contributed by atoms with van der Waals surface area (Å²) in [6.45, 7) is 4.11. The molecule has 21 heavy (non-hydrogen) atoms. The number of benzene rings is 1. The van der Waals surface area contributed by atoms with Crippen molar-refractivity contribution >= 4 is 5.69 Å². The first kappa shape index (κ1) is 14.8. The molecule has 2 aliphatic rings. The minimum atomic E-state index is -0.188. The molecular formula is C18H27FN2. The molecule has 2 nitrogen and oxygen atoms in total. The Kier molecular flexibility index (Phi) is 4.21. The second-order valence-corrected chi connectivity index (χ2v) is 7.04. The lowest BCUT2D eigenvalue weighted by molar-refractivity contribution is 0.144. The number of hydrogen-bond donors (Lipinski definition) is 1. The van der Waals surface area contributed by atoms with Crippen LogP contribution in [0.25, 0.3) is 0 Å². The van der Waals surface area contributed by atoms with E-state index < -0.39 is 0 Å². The van der Waals surface area contributed by atoms with Crippen molar-refractivity contribution in [2.24, 2.45) is 11.1 Å². The first-order chi connectivity index (χ1) is 10.1. The molecule has 1 spiro atoms. The Hall–Kier alpha value is -1.09. The van der Waals surface area contributed by atoms with Crippen LogP contribution >= 0.6 is 0 Å². The quantitative estimate of drug-likeness (QED) is 0.875. The summed E-state index contributed by atoms with van der Waals surface area (Å²) in [5.74, 6) is -0.188. The first-order valence-corrected chi connectivity index (χ1v) is 8.40. The fraction of sp³-hybridized carbons (Fsp3) is 0.667. The molecule has 1 heterocycles. The zero-order valence-electron chi connectivity index (χ0n) is 13.1. The smallest absolute Gasteiger partial charge is 0.123 e. The van der Waals surface area contributed by atoms with E-state index in [1.165, 1.54) is 44.9 Å². The maximum Gasteiger partial charge on any atom is 0.123 e. The molecule has 0 bridgehead atoms. The molecule has 0 unspecified atom stereocenters. The van der Waals surface area contributed by atoms with Crippen molar-refractivity contribution in [2.75, 3.05) is 18.0 Å². The molecule has 0 amide bonds. The second kappa shape index (κ2) is 5.96. The van der Waals surface area contributed by atoms with E-state index in [4.69, 9.17) is 5.73 Å². The molecule has 2 fully saturated rings. The molecule has 2 N–H and O–H groups in total. The zero-order chi connectivity index (χ0) is 14.9. The standard InChI is InChI=1S/C18H27FN2/c1-14(20)16-13-15(19)5-6-17(16)21-11-9-18(10-12-21)7-3-2-4-8-18/h5-6,13-14H,2-4,7-12,20H2,1H3/t14-/m1/s1. The van der Waals surface area contributed by atoms with Crippen molar-refractivity contribution < 1.29 is 4.39 Å². The van der Waals surface area contributed by atoms with Crippen molar-refractivity contribution in [3.8, 4) is 0 Å². The summed E-state index contributed by atoms with van der Waals surface area (Å²) < 4.78 is 13.5. The van der Waals surface area contributed by atoms with Gasteiger partial charge in [-0.25, -0.2) is 4.39 Å². The lowest BCUT2D eigenvalue weighted by atomic mass is 9.68. The van der Waals surface area contributed by atoms with Gasteiger partial charge in [-0.05, 0) is 61.8 Å². The van der Waals surface area contributed by atoms with Crippen molar-refractivity contribution in [1.82, 2.24) is 0 Å². The van der Waals surface area contributed by atoms with Crippen LogP contribution in [0.3, 0.4) is 0 Å². The van der Waals surface area contributed by atoms with Crippen LogP contribution in [-0.2, 0) is 0 Å². The summed E-state index contributed by atoms with van der Waals surface area (Å²) in [6.07, 6.45) is 9.60. The van der Waals surface area contributed by atoms with Gasteiger partial charge in [-0.2, -0.15) is 0 Å². The molecule has 116 valence electrons. The Labute approximate surface area is 127 Å². The van der Waals surface area contributed by atoms with E-state index in [1.54, 1.807) is 12.1 Å². The summed E-state index contributed by atoms with van der Waals surface area (Å²) in [7, 11) is 0. The van der Waals surface area contributed by atoms with Crippen molar-refractivity contribution in [3.63, 3.8) is 0 Å². The largest absolute Gasteiger partial charge is 0.371 e.